The molecule has 1 saturated heterocycles. The third-order valence-corrected chi connectivity index (χ3v) is 6.39. The summed E-state index contributed by atoms with van der Waals surface area (Å²) in [6.07, 6.45) is 6.21. The van der Waals surface area contributed by atoms with Gasteiger partial charge in [0.1, 0.15) is 13.3 Å². The summed E-state index contributed by atoms with van der Waals surface area (Å²) in [5.74, 6) is 0.649. The number of hydrogen-bond acceptors (Lipinski definition) is 4. The van der Waals surface area contributed by atoms with E-state index in [1.165, 1.54) is 0 Å². The van der Waals surface area contributed by atoms with Crippen molar-refractivity contribution in [3.8, 4) is 5.75 Å². The Kier molecular flexibility index (Phi) is 4.81. The minimum absolute atomic E-state index is 0.136. The number of rotatable bonds is 4. The van der Waals surface area contributed by atoms with E-state index < -0.39 is 7.52 Å². The van der Waals surface area contributed by atoms with Crippen LogP contribution in [0.2, 0.25) is 0 Å². The minimum atomic E-state index is -3.87. The molecule has 0 spiro atoms. The SMILES string of the molecule is COc1ccc(P(=O)([O-])N2CCCC[C@@H]2c2cccnc2)cc1. The average molecular weight is 331 g/mol. The van der Waals surface area contributed by atoms with Gasteiger partial charge in [0.25, 0.3) is 0 Å². The van der Waals surface area contributed by atoms with Crippen LogP contribution in [0.3, 0.4) is 0 Å². The molecule has 1 fully saturated rings. The predicted molar refractivity (Wildman–Crippen MR) is 87.8 cm³/mol. The van der Waals surface area contributed by atoms with Gasteiger partial charge in [0, 0.05) is 30.3 Å². The monoisotopic (exact) mass is 331 g/mol. The second-order valence-corrected chi connectivity index (χ2v) is 7.75. The van der Waals surface area contributed by atoms with Gasteiger partial charge in [-0.1, -0.05) is 12.5 Å². The molecule has 0 aliphatic carbocycles. The predicted octanol–water partition coefficient (Wildman–Crippen LogP) is 2.50. The number of methoxy groups -OCH3 is 1. The molecule has 1 unspecified atom stereocenters. The molecule has 2 atom stereocenters. The van der Waals surface area contributed by atoms with Crippen LogP contribution in [0.5, 0.6) is 5.75 Å². The molecular formula is C17H20N2O3P-. The molecule has 0 bridgehead atoms. The highest BCUT2D eigenvalue weighted by Crippen LogP contribution is 2.49. The lowest BCUT2D eigenvalue weighted by atomic mass is 9.99. The lowest BCUT2D eigenvalue weighted by Crippen LogP contribution is -2.38. The summed E-state index contributed by atoms with van der Waals surface area (Å²) < 4.78 is 19.8. The van der Waals surface area contributed by atoms with E-state index >= 15 is 0 Å². The van der Waals surface area contributed by atoms with E-state index in [0.717, 1.165) is 24.8 Å². The number of nitrogens with zero attached hydrogens (tertiary/aromatic N) is 2. The van der Waals surface area contributed by atoms with Crippen LogP contribution < -0.4 is 14.9 Å². The summed E-state index contributed by atoms with van der Waals surface area (Å²) in [6.45, 7) is 0.548. The summed E-state index contributed by atoms with van der Waals surface area (Å²) in [5, 5.41) is 0.328. The molecule has 1 aliphatic heterocycles. The van der Waals surface area contributed by atoms with E-state index in [1.807, 2.05) is 12.1 Å². The van der Waals surface area contributed by atoms with Crippen molar-refractivity contribution in [1.82, 2.24) is 9.65 Å². The molecule has 1 aliphatic rings. The van der Waals surface area contributed by atoms with E-state index in [-0.39, 0.29) is 6.04 Å². The maximum atomic E-state index is 13.1. The van der Waals surface area contributed by atoms with E-state index in [2.05, 4.69) is 4.98 Å². The van der Waals surface area contributed by atoms with Gasteiger partial charge in [0.2, 0.25) is 0 Å². The molecule has 5 nitrogen and oxygen atoms in total. The van der Waals surface area contributed by atoms with Gasteiger partial charge >= 0.3 is 0 Å². The Morgan fingerprint density at radius 1 is 1.26 bits per heavy atom. The van der Waals surface area contributed by atoms with E-state index in [0.29, 0.717) is 17.6 Å². The van der Waals surface area contributed by atoms with Crippen LogP contribution in [0.25, 0.3) is 0 Å². The minimum Gasteiger partial charge on any atom is -0.784 e. The third kappa shape index (κ3) is 3.32. The number of piperidine rings is 1. The molecule has 2 aromatic rings. The van der Waals surface area contributed by atoms with Crippen LogP contribution in [0.1, 0.15) is 30.9 Å². The Balaban J connectivity index is 1.93. The fourth-order valence-corrected chi connectivity index (χ4v) is 4.91. The molecule has 23 heavy (non-hydrogen) atoms. The summed E-state index contributed by atoms with van der Waals surface area (Å²) in [4.78, 5) is 17.2. The van der Waals surface area contributed by atoms with Crippen molar-refractivity contribution in [3.05, 3.63) is 54.4 Å². The Morgan fingerprint density at radius 3 is 2.70 bits per heavy atom. The van der Waals surface area contributed by atoms with E-state index in [9.17, 15) is 9.46 Å². The van der Waals surface area contributed by atoms with Crippen LogP contribution in [-0.4, -0.2) is 23.3 Å². The molecular weight excluding hydrogens is 311 g/mol. The van der Waals surface area contributed by atoms with Crippen molar-refractivity contribution in [2.75, 3.05) is 13.7 Å². The maximum absolute atomic E-state index is 13.1. The van der Waals surface area contributed by atoms with Gasteiger partial charge in [0.15, 0.2) is 0 Å². The van der Waals surface area contributed by atoms with Crippen molar-refractivity contribution in [2.24, 2.45) is 0 Å². The first-order chi connectivity index (χ1) is 11.1. The first-order valence-corrected chi connectivity index (χ1v) is 9.33. The standard InChI is InChI=1S/C17H21N2O3P/c1-22-15-7-9-16(10-8-15)23(20,21)19-12-3-2-6-17(19)14-5-4-11-18-13-14/h4-5,7-11,13,17H,2-3,6,12H2,1H3,(H,20,21)/p-1/t17-/m1/s1. The van der Waals surface area contributed by atoms with Gasteiger partial charge < -0.3 is 14.2 Å². The van der Waals surface area contributed by atoms with Crippen molar-refractivity contribution >= 4 is 12.8 Å². The Hall–Kier alpha value is -1.68. The van der Waals surface area contributed by atoms with E-state index in [1.54, 1.807) is 48.4 Å². The fourth-order valence-electron chi connectivity index (χ4n) is 3.06. The molecule has 122 valence electrons. The largest absolute Gasteiger partial charge is 0.784 e. The van der Waals surface area contributed by atoms with Gasteiger partial charge in [0.05, 0.1) is 7.11 Å². The molecule has 3 rings (SSSR count). The Morgan fingerprint density at radius 2 is 2.04 bits per heavy atom. The van der Waals surface area contributed by atoms with Gasteiger partial charge in [-0.05, 0) is 48.7 Å². The zero-order valence-corrected chi connectivity index (χ0v) is 14.0. The normalized spacial score (nSPS) is 21.6. The van der Waals surface area contributed by atoms with E-state index in [4.69, 9.17) is 4.74 Å². The van der Waals surface area contributed by atoms with Gasteiger partial charge in [-0.25, -0.2) is 0 Å². The molecule has 1 aromatic carbocycles. The van der Waals surface area contributed by atoms with Crippen molar-refractivity contribution in [3.63, 3.8) is 0 Å². The number of aromatic nitrogens is 1. The first kappa shape index (κ1) is 16.2. The average Bonchev–Trinajstić information content (AvgIpc) is 2.62. The highest BCUT2D eigenvalue weighted by molar-refractivity contribution is 7.62. The number of benzene rings is 1. The van der Waals surface area contributed by atoms with Crippen LogP contribution in [0.15, 0.2) is 48.8 Å². The highest BCUT2D eigenvalue weighted by Gasteiger charge is 2.32. The summed E-state index contributed by atoms with van der Waals surface area (Å²) in [5.41, 5.74) is 0.955. The number of hydrogen-bond donors (Lipinski definition) is 0. The van der Waals surface area contributed by atoms with Gasteiger partial charge in [-0.15, -0.1) is 0 Å². The van der Waals surface area contributed by atoms with Crippen molar-refractivity contribution in [1.29, 1.82) is 0 Å². The summed E-state index contributed by atoms with van der Waals surface area (Å²) in [6, 6.07) is 10.3. The topological polar surface area (TPSA) is 65.5 Å². The van der Waals surface area contributed by atoms with Crippen LogP contribution in [0, 0.1) is 0 Å². The highest BCUT2D eigenvalue weighted by atomic mass is 31.2. The lowest BCUT2D eigenvalue weighted by molar-refractivity contribution is -0.186. The third-order valence-electron chi connectivity index (χ3n) is 4.28. The zero-order chi connectivity index (χ0) is 16.3. The lowest BCUT2D eigenvalue weighted by Gasteiger charge is -2.44. The number of ether oxygens (including phenoxy) is 1. The molecule has 1 aromatic heterocycles. The molecule has 0 amide bonds. The van der Waals surface area contributed by atoms with Crippen molar-refractivity contribution in [2.45, 2.75) is 25.3 Å². The molecule has 2 heterocycles. The molecule has 0 saturated carbocycles. The second kappa shape index (κ2) is 6.83. The summed E-state index contributed by atoms with van der Waals surface area (Å²) >= 11 is 0. The zero-order valence-electron chi connectivity index (χ0n) is 13.1. The van der Waals surface area contributed by atoms with Crippen LogP contribution in [0.4, 0.5) is 0 Å². The maximum Gasteiger partial charge on any atom is 0.118 e. The van der Waals surface area contributed by atoms with Gasteiger partial charge in [-0.2, -0.15) is 0 Å². The quantitative estimate of drug-likeness (QED) is 0.806. The Labute approximate surface area is 136 Å². The molecule has 0 radical (unpaired) electrons. The summed E-state index contributed by atoms with van der Waals surface area (Å²) in [7, 11) is -2.31. The number of pyridine rings is 1. The Bertz CT molecular complexity index is 691. The second-order valence-electron chi connectivity index (χ2n) is 5.68. The molecule has 0 N–H and O–H groups in total. The van der Waals surface area contributed by atoms with Crippen LogP contribution in [-0.2, 0) is 4.57 Å². The first-order valence-electron chi connectivity index (χ1n) is 7.75. The molecule has 6 heteroatoms. The van der Waals surface area contributed by atoms with Gasteiger partial charge in [-0.3, -0.25) is 9.65 Å². The smallest absolute Gasteiger partial charge is 0.118 e. The fraction of sp³-hybridized carbons (Fsp3) is 0.353. The van der Waals surface area contributed by atoms with Crippen molar-refractivity contribution < 1.29 is 14.2 Å². The van der Waals surface area contributed by atoms with Crippen LogP contribution >= 0.6 is 7.52 Å².